The summed E-state index contributed by atoms with van der Waals surface area (Å²) in [6, 6.07) is 13.8. The molecular formula is C19H18FNO3. The summed E-state index contributed by atoms with van der Waals surface area (Å²) in [5.74, 6) is 0.168. The molecule has 3 rings (SSSR count). The topological polar surface area (TPSA) is 51.5 Å². The van der Waals surface area contributed by atoms with Gasteiger partial charge in [-0.2, -0.15) is 0 Å². The Labute approximate surface area is 139 Å². The van der Waals surface area contributed by atoms with E-state index in [0.717, 1.165) is 11.0 Å². The summed E-state index contributed by atoms with van der Waals surface area (Å²) < 4.78 is 24.3. The van der Waals surface area contributed by atoms with E-state index in [4.69, 9.17) is 9.15 Å². The van der Waals surface area contributed by atoms with E-state index in [9.17, 15) is 9.18 Å². The van der Waals surface area contributed by atoms with Crippen LogP contribution in [0, 0.1) is 5.82 Å². The van der Waals surface area contributed by atoms with Crippen LogP contribution in [-0.4, -0.2) is 13.0 Å². The Morgan fingerprint density at radius 1 is 1.25 bits per heavy atom. The Hall–Kier alpha value is -2.82. The number of fused-ring (bicyclic) bond motifs is 1. The number of carbonyl (C=O) groups is 1. The second-order valence-corrected chi connectivity index (χ2v) is 5.62. The van der Waals surface area contributed by atoms with Crippen LogP contribution in [0.1, 0.15) is 24.3 Å². The summed E-state index contributed by atoms with van der Waals surface area (Å²) in [5, 5.41) is 3.86. The maximum atomic E-state index is 13.7. The van der Waals surface area contributed by atoms with Crippen molar-refractivity contribution in [1.82, 2.24) is 5.32 Å². The second-order valence-electron chi connectivity index (χ2n) is 5.62. The first-order valence-corrected chi connectivity index (χ1v) is 7.67. The van der Waals surface area contributed by atoms with Gasteiger partial charge in [0, 0.05) is 5.39 Å². The summed E-state index contributed by atoms with van der Waals surface area (Å²) in [6.45, 7) is 1.85. The summed E-state index contributed by atoms with van der Waals surface area (Å²) >= 11 is 0. The van der Waals surface area contributed by atoms with Crippen LogP contribution in [-0.2, 0) is 11.2 Å². The van der Waals surface area contributed by atoms with Gasteiger partial charge in [-0.05, 0) is 36.8 Å². The molecule has 5 heteroatoms. The molecule has 1 heterocycles. The fourth-order valence-electron chi connectivity index (χ4n) is 2.58. The minimum absolute atomic E-state index is 0.0888. The van der Waals surface area contributed by atoms with Gasteiger partial charge in [-0.1, -0.05) is 24.3 Å². The SMILES string of the molecule is COc1ccc(CC(=O)N[C@@H](C)c2cc3ccccc3o2)cc1F. The van der Waals surface area contributed by atoms with E-state index < -0.39 is 5.82 Å². The zero-order valence-corrected chi connectivity index (χ0v) is 13.5. The number of para-hydroxylation sites is 1. The van der Waals surface area contributed by atoms with Crippen molar-refractivity contribution in [3.8, 4) is 5.75 Å². The van der Waals surface area contributed by atoms with Gasteiger partial charge < -0.3 is 14.5 Å². The van der Waals surface area contributed by atoms with Crippen molar-refractivity contribution >= 4 is 16.9 Å². The normalized spacial score (nSPS) is 12.1. The maximum Gasteiger partial charge on any atom is 0.225 e. The number of halogens is 1. The first-order chi connectivity index (χ1) is 11.6. The lowest BCUT2D eigenvalue weighted by atomic mass is 10.1. The van der Waals surface area contributed by atoms with Crippen molar-refractivity contribution in [2.45, 2.75) is 19.4 Å². The highest BCUT2D eigenvalue weighted by Crippen LogP contribution is 2.24. The van der Waals surface area contributed by atoms with E-state index in [2.05, 4.69) is 5.32 Å². The third-order valence-corrected chi connectivity index (χ3v) is 3.83. The number of carbonyl (C=O) groups excluding carboxylic acids is 1. The van der Waals surface area contributed by atoms with Gasteiger partial charge in [0.1, 0.15) is 11.3 Å². The van der Waals surface area contributed by atoms with Crippen LogP contribution >= 0.6 is 0 Å². The molecule has 2 aromatic carbocycles. The summed E-state index contributed by atoms with van der Waals surface area (Å²) in [6.07, 6.45) is 0.0888. The molecule has 1 N–H and O–H groups in total. The van der Waals surface area contributed by atoms with Crippen LogP contribution in [0.3, 0.4) is 0 Å². The Morgan fingerprint density at radius 2 is 2.04 bits per heavy atom. The number of amides is 1. The van der Waals surface area contributed by atoms with Gasteiger partial charge >= 0.3 is 0 Å². The average Bonchev–Trinajstić information content (AvgIpc) is 2.99. The molecule has 4 nitrogen and oxygen atoms in total. The lowest BCUT2D eigenvalue weighted by Gasteiger charge is -2.11. The smallest absolute Gasteiger partial charge is 0.225 e. The molecule has 3 aromatic rings. The molecule has 0 aliphatic carbocycles. The first kappa shape index (κ1) is 16.1. The minimum atomic E-state index is -0.479. The summed E-state index contributed by atoms with van der Waals surface area (Å²) in [5.41, 5.74) is 1.37. The number of methoxy groups -OCH3 is 1. The number of hydrogen-bond acceptors (Lipinski definition) is 3. The molecule has 0 aliphatic rings. The highest BCUT2D eigenvalue weighted by atomic mass is 19.1. The van der Waals surface area contributed by atoms with Gasteiger partial charge in [-0.15, -0.1) is 0 Å². The van der Waals surface area contributed by atoms with Crippen molar-refractivity contribution in [2.75, 3.05) is 7.11 Å². The van der Waals surface area contributed by atoms with E-state index in [-0.39, 0.29) is 24.1 Å². The molecule has 0 radical (unpaired) electrons. The Kier molecular flexibility index (Phi) is 4.51. The third kappa shape index (κ3) is 3.40. The van der Waals surface area contributed by atoms with Crippen molar-refractivity contribution in [1.29, 1.82) is 0 Å². The predicted molar refractivity (Wildman–Crippen MR) is 89.4 cm³/mol. The molecule has 0 fully saturated rings. The van der Waals surface area contributed by atoms with Gasteiger partial charge in [0.25, 0.3) is 0 Å². The van der Waals surface area contributed by atoms with Gasteiger partial charge in [0.2, 0.25) is 5.91 Å². The van der Waals surface area contributed by atoms with Crippen molar-refractivity contribution < 1.29 is 18.3 Å². The van der Waals surface area contributed by atoms with Crippen LogP contribution in [0.25, 0.3) is 11.0 Å². The fraction of sp³-hybridized carbons (Fsp3) is 0.211. The van der Waals surface area contributed by atoms with Crippen LogP contribution in [0.4, 0.5) is 4.39 Å². The lowest BCUT2D eigenvalue weighted by molar-refractivity contribution is -0.121. The highest BCUT2D eigenvalue weighted by Gasteiger charge is 2.15. The number of benzene rings is 2. The molecule has 124 valence electrons. The van der Waals surface area contributed by atoms with Crippen molar-refractivity contribution in [2.24, 2.45) is 0 Å². The van der Waals surface area contributed by atoms with Gasteiger partial charge in [0.15, 0.2) is 11.6 Å². The molecule has 1 aromatic heterocycles. The monoisotopic (exact) mass is 327 g/mol. The molecule has 24 heavy (non-hydrogen) atoms. The minimum Gasteiger partial charge on any atom is -0.494 e. The van der Waals surface area contributed by atoms with Crippen molar-refractivity contribution in [3.05, 3.63) is 65.7 Å². The largest absolute Gasteiger partial charge is 0.494 e. The second kappa shape index (κ2) is 6.74. The van der Waals surface area contributed by atoms with E-state index in [0.29, 0.717) is 11.3 Å². The molecule has 1 atom stereocenters. The third-order valence-electron chi connectivity index (χ3n) is 3.83. The van der Waals surface area contributed by atoms with E-state index in [1.165, 1.54) is 19.2 Å². The van der Waals surface area contributed by atoms with Gasteiger partial charge in [0.05, 0.1) is 19.6 Å². The fourth-order valence-corrected chi connectivity index (χ4v) is 2.58. The molecule has 0 aliphatic heterocycles. The Bertz CT molecular complexity index is 839. The summed E-state index contributed by atoms with van der Waals surface area (Å²) in [4.78, 5) is 12.2. The van der Waals surface area contributed by atoms with E-state index in [1.807, 2.05) is 37.3 Å². The molecule has 0 saturated carbocycles. The van der Waals surface area contributed by atoms with Crippen LogP contribution < -0.4 is 10.1 Å². The standard InChI is InChI=1S/C19H18FNO3/c1-12(18-11-14-5-3-4-6-16(14)24-18)21-19(22)10-13-7-8-17(23-2)15(20)9-13/h3-9,11-12H,10H2,1-2H3,(H,21,22)/t12-/m0/s1. The number of nitrogens with one attached hydrogen (secondary N) is 1. The van der Waals surface area contributed by atoms with Gasteiger partial charge in [-0.3, -0.25) is 4.79 Å². The van der Waals surface area contributed by atoms with E-state index >= 15 is 0 Å². The maximum absolute atomic E-state index is 13.7. The molecular weight excluding hydrogens is 309 g/mol. The lowest BCUT2D eigenvalue weighted by Crippen LogP contribution is -2.27. The molecule has 0 spiro atoms. The predicted octanol–water partition coefficient (Wildman–Crippen LogP) is 4.00. The quantitative estimate of drug-likeness (QED) is 0.770. The van der Waals surface area contributed by atoms with Gasteiger partial charge in [-0.25, -0.2) is 4.39 Å². The number of ether oxygens (including phenoxy) is 1. The molecule has 0 bridgehead atoms. The Morgan fingerprint density at radius 3 is 2.75 bits per heavy atom. The highest BCUT2D eigenvalue weighted by molar-refractivity contribution is 5.80. The van der Waals surface area contributed by atoms with Crippen molar-refractivity contribution in [3.63, 3.8) is 0 Å². The van der Waals surface area contributed by atoms with Crippen LogP contribution in [0.5, 0.6) is 5.75 Å². The average molecular weight is 327 g/mol. The first-order valence-electron chi connectivity index (χ1n) is 7.67. The summed E-state index contributed by atoms with van der Waals surface area (Å²) in [7, 11) is 1.40. The van der Waals surface area contributed by atoms with E-state index in [1.54, 1.807) is 6.07 Å². The Balaban J connectivity index is 1.66. The molecule has 0 unspecified atom stereocenters. The molecule has 1 amide bonds. The van der Waals surface area contributed by atoms with Crippen LogP contribution in [0.2, 0.25) is 0 Å². The molecule has 0 saturated heterocycles. The zero-order chi connectivity index (χ0) is 17.1. The number of furan rings is 1. The number of rotatable bonds is 5. The zero-order valence-electron chi connectivity index (χ0n) is 13.5. The van der Waals surface area contributed by atoms with Crippen LogP contribution in [0.15, 0.2) is 52.9 Å². The number of hydrogen-bond donors (Lipinski definition) is 1.